The molecule has 2 rings (SSSR count). The molecule has 0 aromatic heterocycles. The topological polar surface area (TPSA) is 67.4 Å². The second-order valence-corrected chi connectivity index (χ2v) is 7.91. The van der Waals surface area contributed by atoms with Crippen LogP contribution in [0.5, 0.6) is 5.75 Å². The number of methoxy groups -OCH3 is 1. The molecule has 2 N–H and O–H groups in total. The minimum Gasteiger partial charge on any atom is -0.497 e. The van der Waals surface area contributed by atoms with Gasteiger partial charge in [-0.2, -0.15) is 0 Å². The van der Waals surface area contributed by atoms with Crippen LogP contribution >= 0.6 is 0 Å². The van der Waals surface area contributed by atoms with Gasteiger partial charge in [-0.3, -0.25) is 9.59 Å². The standard InChI is InChI=1S/C22H34N2O3/c1-16(2)12-14-23-21(25)18-6-8-19(9-7-18)22(26)24-15-13-17-4-10-20(27-3)11-5-17/h4-5,10-11,16,18-19H,6-9,12-15H2,1-3H3,(H,23,25)(H,24,26). The second kappa shape index (κ2) is 11.0. The molecule has 1 fully saturated rings. The Labute approximate surface area is 163 Å². The third-order valence-electron chi connectivity index (χ3n) is 5.36. The molecule has 1 saturated carbocycles. The van der Waals surface area contributed by atoms with Crippen molar-refractivity contribution >= 4 is 11.8 Å². The highest BCUT2D eigenvalue weighted by atomic mass is 16.5. The number of nitrogens with one attached hydrogen (secondary N) is 2. The normalized spacial score (nSPS) is 19.6. The molecule has 150 valence electrons. The number of benzene rings is 1. The van der Waals surface area contributed by atoms with E-state index in [1.807, 2.05) is 24.3 Å². The Hall–Kier alpha value is -2.04. The van der Waals surface area contributed by atoms with Gasteiger partial charge in [-0.15, -0.1) is 0 Å². The summed E-state index contributed by atoms with van der Waals surface area (Å²) in [6.07, 6.45) is 5.04. The first kappa shape index (κ1) is 21.3. The van der Waals surface area contributed by atoms with E-state index in [2.05, 4.69) is 24.5 Å². The summed E-state index contributed by atoms with van der Waals surface area (Å²) in [5, 5.41) is 6.09. The quantitative estimate of drug-likeness (QED) is 0.697. The molecule has 1 aliphatic carbocycles. The van der Waals surface area contributed by atoms with Crippen LogP contribution in [0.1, 0.15) is 51.5 Å². The van der Waals surface area contributed by atoms with Crippen molar-refractivity contribution in [3.63, 3.8) is 0 Å². The molecule has 0 unspecified atom stereocenters. The Morgan fingerprint density at radius 1 is 0.963 bits per heavy atom. The van der Waals surface area contributed by atoms with E-state index in [1.54, 1.807) is 7.11 Å². The molecule has 0 heterocycles. The van der Waals surface area contributed by atoms with Gasteiger partial charge in [-0.05, 0) is 62.1 Å². The van der Waals surface area contributed by atoms with E-state index >= 15 is 0 Å². The Kier molecular flexibility index (Phi) is 8.62. The fraction of sp³-hybridized carbons (Fsp3) is 0.636. The van der Waals surface area contributed by atoms with Crippen LogP contribution in [-0.4, -0.2) is 32.0 Å². The van der Waals surface area contributed by atoms with E-state index in [1.165, 1.54) is 5.56 Å². The van der Waals surface area contributed by atoms with Gasteiger partial charge in [0.15, 0.2) is 0 Å². The molecule has 1 aliphatic rings. The van der Waals surface area contributed by atoms with Crippen LogP contribution in [-0.2, 0) is 16.0 Å². The maximum atomic E-state index is 12.4. The summed E-state index contributed by atoms with van der Waals surface area (Å²) in [6.45, 7) is 5.71. The van der Waals surface area contributed by atoms with Crippen molar-refractivity contribution in [1.82, 2.24) is 10.6 Å². The molecule has 5 heteroatoms. The zero-order valence-electron chi connectivity index (χ0n) is 16.9. The van der Waals surface area contributed by atoms with Crippen molar-refractivity contribution in [2.75, 3.05) is 20.2 Å². The number of ether oxygens (including phenoxy) is 1. The predicted octanol–water partition coefficient (Wildman–Crippen LogP) is 3.32. The number of carbonyl (C=O) groups is 2. The Bertz CT molecular complexity index is 590. The third-order valence-corrected chi connectivity index (χ3v) is 5.36. The monoisotopic (exact) mass is 374 g/mol. The number of rotatable bonds is 9. The van der Waals surface area contributed by atoms with Gasteiger partial charge in [0.25, 0.3) is 0 Å². The summed E-state index contributed by atoms with van der Waals surface area (Å²) in [5.74, 6) is 1.84. The summed E-state index contributed by atoms with van der Waals surface area (Å²) in [7, 11) is 1.65. The lowest BCUT2D eigenvalue weighted by Gasteiger charge is -2.27. The molecule has 1 aromatic rings. The van der Waals surface area contributed by atoms with Gasteiger partial charge in [-0.25, -0.2) is 0 Å². The van der Waals surface area contributed by atoms with Crippen LogP contribution in [0, 0.1) is 17.8 Å². The Morgan fingerprint density at radius 2 is 1.48 bits per heavy atom. The summed E-state index contributed by atoms with van der Waals surface area (Å²) in [6, 6.07) is 7.91. The second-order valence-electron chi connectivity index (χ2n) is 7.91. The van der Waals surface area contributed by atoms with Crippen molar-refractivity contribution in [1.29, 1.82) is 0 Å². The van der Waals surface area contributed by atoms with E-state index in [0.29, 0.717) is 12.5 Å². The smallest absolute Gasteiger partial charge is 0.223 e. The van der Waals surface area contributed by atoms with Crippen LogP contribution in [0.4, 0.5) is 0 Å². The van der Waals surface area contributed by atoms with E-state index < -0.39 is 0 Å². The maximum absolute atomic E-state index is 12.4. The molecule has 0 aliphatic heterocycles. The number of hydrogen-bond donors (Lipinski definition) is 2. The van der Waals surface area contributed by atoms with E-state index in [-0.39, 0.29) is 23.7 Å². The summed E-state index contributed by atoms with van der Waals surface area (Å²) in [4.78, 5) is 24.6. The molecule has 2 amide bonds. The van der Waals surface area contributed by atoms with Gasteiger partial charge >= 0.3 is 0 Å². The van der Waals surface area contributed by atoms with Gasteiger partial charge in [0.2, 0.25) is 11.8 Å². The van der Waals surface area contributed by atoms with Crippen LogP contribution in [0.15, 0.2) is 24.3 Å². The zero-order valence-corrected chi connectivity index (χ0v) is 16.9. The third kappa shape index (κ3) is 7.24. The first-order valence-corrected chi connectivity index (χ1v) is 10.2. The number of hydrogen-bond acceptors (Lipinski definition) is 3. The largest absolute Gasteiger partial charge is 0.497 e. The maximum Gasteiger partial charge on any atom is 0.223 e. The molecule has 0 saturated heterocycles. The first-order chi connectivity index (χ1) is 13.0. The first-order valence-electron chi connectivity index (χ1n) is 10.2. The highest BCUT2D eigenvalue weighted by molar-refractivity contribution is 5.81. The van der Waals surface area contributed by atoms with Crippen molar-refractivity contribution in [2.24, 2.45) is 17.8 Å². The molecule has 0 atom stereocenters. The van der Waals surface area contributed by atoms with Crippen molar-refractivity contribution in [3.05, 3.63) is 29.8 Å². The van der Waals surface area contributed by atoms with Gasteiger partial charge in [0.1, 0.15) is 5.75 Å². The molecule has 0 spiro atoms. The Balaban J connectivity index is 1.64. The average Bonchev–Trinajstić information content (AvgIpc) is 2.68. The lowest BCUT2D eigenvalue weighted by Crippen LogP contribution is -2.38. The SMILES string of the molecule is COc1ccc(CCNC(=O)C2CCC(C(=O)NCCC(C)C)CC2)cc1. The molecule has 27 heavy (non-hydrogen) atoms. The molecule has 0 radical (unpaired) electrons. The van der Waals surface area contributed by atoms with Crippen LogP contribution < -0.4 is 15.4 Å². The molecular formula is C22H34N2O3. The van der Waals surface area contributed by atoms with Crippen molar-refractivity contribution in [2.45, 2.75) is 52.4 Å². The molecule has 5 nitrogen and oxygen atoms in total. The van der Waals surface area contributed by atoms with Crippen LogP contribution in [0.3, 0.4) is 0 Å². The zero-order chi connectivity index (χ0) is 19.6. The van der Waals surface area contributed by atoms with E-state index in [0.717, 1.165) is 50.8 Å². The van der Waals surface area contributed by atoms with Crippen LogP contribution in [0.2, 0.25) is 0 Å². The van der Waals surface area contributed by atoms with Gasteiger partial charge in [0, 0.05) is 24.9 Å². The van der Waals surface area contributed by atoms with Crippen molar-refractivity contribution in [3.8, 4) is 5.75 Å². The van der Waals surface area contributed by atoms with E-state index in [9.17, 15) is 9.59 Å². The molecule has 0 bridgehead atoms. The van der Waals surface area contributed by atoms with Gasteiger partial charge in [0.05, 0.1) is 7.11 Å². The summed E-state index contributed by atoms with van der Waals surface area (Å²) in [5.41, 5.74) is 1.18. The highest BCUT2D eigenvalue weighted by Gasteiger charge is 2.29. The minimum absolute atomic E-state index is 0.0422. The van der Waals surface area contributed by atoms with Crippen LogP contribution in [0.25, 0.3) is 0 Å². The molecular weight excluding hydrogens is 340 g/mol. The van der Waals surface area contributed by atoms with Gasteiger partial charge < -0.3 is 15.4 Å². The van der Waals surface area contributed by atoms with Crippen molar-refractivity contribution < 1.29 is 14.3 Å². The molecule has 1 aromatic carbocycles. The highest BCUT2D eigenvalue weighted by Crippen LogP contribution is 2.29. The predicted molar refractivity (Wildman–Crippen MR) is 108 cm³/mol. The fourth-order valence-electron chi connectivity index (χ4n) is 3.51. The lowest BCUT2D eigenvalue weighted by molar-refractivity contribution is -0.130. The number of carbonyl (C=O) groups excluding carboxylic acids is 2. The van der Waals surface area contributed by atoms with Gasteiger partial charge in [-0.1, -0.05) is 26.0 Å². The minimum atomic E-state index is 0.0422. The average molecular weight is 375 g/mol. The van der Waals surface area contributed by atoms with E-state index in [4.69, 9.17) is 4.74 Å². The Morgan fingerprint density at radius 3 is 1.96 bits per heavy atom. The fourth-order valence-corrected chi connectivity index (χ4v) is 3.51. The summed E-state index contributed by atoms with van der Waals surface area (Å²) >= 11 is 0. The summed E-state index contributed by atoms with van der Waals surface area (Å²) < 4.78 is 5.15. The lowest BCUT2D eigenvalue weighted by atomic mass is 9.81. The number of amides is 2.